The molecule has 0 aliphatic heterocycles. The van der Waals surface area contributed by atoms with Crippen molar-refractivity contribution in [3.63, 3.8) is 0 Å². The number of hydrogen-bond donors (Lipinski definition) is 0. The van der Waals surface area contributed by atoms with E-state index in [1.165, 1.54) is 5.57 Å². The van der Waals surface area contributed by atoms with Crippen LogP contribution in [0.2, 0.25) is 0 Å². The van der Waals surface area contributed by atoms with E-state index in [9.17, 15) is 0 Å². The zero-order valence-electron chi connectivity index (χ0n) is 8.67. The quantitative estimate of drug-likeness (QED) is 0.536. The van der Waals surface area contributed by atoms with Crippen molar-refractivity contribution < 1.29 is 4.74 Å². The average Bonchev–Trinajstić information content (AvgIpc) is 2.11. The molecule has 0 saturated heterocycles. The lowest BCUT2D eigenvalue weighted by Gasteiger charge is -2.09. The average molecular weight is 245 g/mol. The van der Waals surface area contributed by atoms with E-state index < -0.39 is 0 Å². The summed E-state index contributed by atoms with van der Waals surface area (Å²) in [6.07, 6.45) is 7.67. The summed E-state index contributed by atoms with van der Waals surface area (Å²) in [7, 11) is 1.64. The Kier molecular flexibility index (Phi) is 6.69. The van der Waals surface area contributed by atoms with E-state index in [4.69, 9.17) is 4.74 Å². The number of rotatable bonds is 4. The molecule has 0 rings (SSSR count). The monoisotopic (exact) mass is 244 g/mol. The lowest BCUT2D eigenvalue weighted by molar-refractivity contribution is 0.338. The molecule has 0 atom stereocenters. The molecule has 0 aromatic carbocycles. The number of ether oxygens (including phenoxy) is 1. The van der Waals surface area contributed by atoms with Crippen molar-refractivity contribution in [1.29, 1.82) is 0 Å². The lowest BCUT2D eigenvalue weighted by Crippen LogP contribution is -1.93. The fraction of sp³-hybridized carbons (Fsp3) is 0.455. The Hall–Kier alpha value is -0.500. The molecule has 0 aromatic heterocycles. The molecule has 0 N–H and O–H groups in total. The van der Waals surface area contributed by atoms with Gasteiger partial charge in [-0.25, -0.2) is 0 Å². The van der Waals surface area contributed by atoms with Crippen molar-refractivity contribution >= 4 is 15.9 Å². The standard InChI is InChI=1S/C11H17BrO/c1-5-11(12)10(9(2)3)7-6-8-13-4/h5-9H,1-4H3/b8-6+,10-7-,11-5+. The van der Waals surface area contributed by atoms with Gasteiger partial charge in [0.25, 0.3) is 0 Å². The van der Waals surface area contributed by atoms with Crippen LogP contribution in [0.3, 0.4) is 0 Å². The molecule has 0 aromatic rings. The summed E-state index contributed by atoms with van der Waals surface area (Å²) >= 11 is 3.51. The summed E-state index contributed by atoms with van der Waals surface area (Å²) < 4.78 is 5.97. The van der Waals surface area contributed by atoms with Gasteiger partial charge >= 0.3 is 0 Å². The Labute approximate surface area is 89.3 Å². The van der Waals surface area contributed by atoms with Gasteiger partial charge in [0.1, 0.15) is 0 Å². The van der Waals surface area contributed by atoms with Crippen LogP contribution in [0, 0.1) is 5.92 Å². The van der Waals surface area contributed by atoms with E-state index in [2.05, 4.69) is 35.9 Å². The summed E-state index contributed by atoms with van der Waals surface area (Å²) in [5.41, 5.74) is 1.27. The smallest absolute Gasteiger partial charge is 0.0824 e. The second-order valence-corrected chi connectivity index (χ2v) is 3.83. The van der Waals surface area contributed by atoms with Crippen LogP contribution in [0.5, 0.6) is 0 Å². The van der Waals surface area contributed by atoms with Crippen LogP contribution in [0.1, 0.15) is 20.8 Å². The van der Waals surface area contributed by atoms with Gasteiger partial charge < -0.3 is 4.74 Å². The number of methoxy groups -OCH3 is 1. The van der Waals surface area contributed by atoms with Crippen LogP contribution in [-0.2, 0) is 4.74 Å². The van der Waals surface area contributed by atoms with E-state index in [0.29, 0.717) is 5.92 Å². The highest BCUT2D eigenvalue weighted by Gasteiger charge is 2.04. The maximum atomic E-state index is 4.83. The van der Waals surface area contributed by atoms with Crippen molar-refractivity contribution in [2.24, 2.45) is 5.92 Å². The molecular formula is C11H17BrO. The van der Waals surface area contributed by atoms with Crippen LogP contribution in [-0.4, -0.2) is 7.11 Å². The normalized spacial score (nSPS) is 14.3. The zero-order chi connectivity index (χ0) is 10.3. The first-order valence-electron chi connectivity index (χ1n) is 4.35. The molecule has 0 amide bonds. The molecule has 0 radical (unpaired) electrons. The first kappa shape index (κ1) is 12.5. The Balaban J connectivity index is 4.61. The first-order chi connectivity index (χ1) is 6.13. The highest BCUT2D eigenvalue weighted by atomic mass is 79.9. The Morgan fingerprint density at radius 2 is 2.00 bits per heavy atom. The first-order valence-corrected chi connectivity index (χ1v) is 5.14. The van der Waals surface area contributed by atoms with Crippen molar-refractivity contribution in [1.82, 2.24) is 0 Å². The maximum absolute atomic E-state index is 4.83. The largest absolute Gasteiger partial charge is 0.504 e. The fourth-order valence-electron chi connectivity index (χ4n) is 0.936. The van der Waals surface area contributed by atoms with Gasteiger partial charge in [-0.3, -0.25) is 0 Å². The molecular weight excluding hydrogens is 228 g/mol. The topological polar surface area (TPSA) is 9.23 Å². The molecule has 0 fully saturated rings. The van der Waals surface area contributed by atoms with Crippen molar-refractivity contribution in [2.45, 2.75) is 20.8 Å². The van der Waals surface area contributed by atoms with Gasteiger partial charge in [-0.2, -0.15) is 0 Å². The third-order valence-corrected chi connectivity index (χ3v) is 2.56. The SMILES string of the molecule is C\C=C(Br)/C(=C\C=C\OC)C(C)C. The van der Waals surface area contributed by atoms with Gasteiger partial charge in [-0.15, -0.1) is 0 Å². The fourth-order valence-corrected chi connectivity index (χ4v) is 1.53. The predicted molar refractivity (Wildman–Crippen MR) is 61.8 cm³/mol. The van der Waals surface area contributed by atoms with Crippen molar-refractivity contribution in [2.75, 3.05) is 7.11 Å². The molecule has 0 aliphatic carbocycles. The minimum absolute atomic E-state index is 0.507. The second-order valence-electron chi connectivity index (χ2n) is 2.98. The van der Waals surface area contributed by atoms with Crippen LogP contribution in [0.4, 0.5) is 0 Å². The molecule has 2 heteroatoms. The van der Waals surface area contributed by atoms with Crippen LogP contribution in [0.15, 0.2) is 34.5 Å². The molecule has 0 aliphatic rings. The summed E-state index contributed by atoms with van der Waals surface area (Å²) in [5, 5.41) is 0. The Morgan fingerprint density at radius 1 is 1.38 bits per heavy atom. The maximum Gasteiger partial charge on any atom is 0.0824 e. The minimum atomic E-state index is 0.507. The van der Waals surface area contributed by atoms with Crippen molar-refractivity contribution in [3.8, 4) is 0 Å². The highest BCUT2D eigenvalue weighted by molar-refractivity contribution is 9.12. The Bertz CT molecular complexity index is 224. The van der Waals surface area contributed by atoms with Gasteiger partial charge in [-0.05, 0) is 24.5 Å². The van der Waals surface area contributed by atoms with Crippen LogP contribution >= 0.6 is 15.9 Å². The van der Waals surface area contributed by atoms with E-state index >= 15 is 0 Å². The summed E-state index contributed by atoms with van der Waals surface area (Å²) in [5.74, 6) is 0.507. The summed E-state index contributed by atoms with van der Waals surface area (Å²) in [6.45, 7) is 6.34. The van der Waals surface area contributed by atoms with E-state index in [-0.39, 0.29) is 0 Å². The van der Waals surface area contributed by atoms with E-state index in [1.807, 2.05) is 19.1 Å². The number of allylic oxidation sites excluding steroid dienone is 5. The van der Waals surface area contributed by atoms with Crippen LogP contribution in [0.25, 0.3) is 0 Å². The second kappa shape index (κ2) is 6.96. The molecule has 1 nitrogen and oxygen atoms in total. The van der Waals surface area contributed by atoms with Gasteiger partial charge in [0.05, 0.1) is 13.4 Å². The highest BCUT2D eigenvalue weighted by Crippen LogP contribution is 2.24. The number of hydrogen-bond acceptors (Lipinski definition) is 1. The van der Waals surface area contributed by atoms with E-state index in [1.54, 1.807) is 13.4 Å². The molecule has 0 heterocycles. The molecule has 0 bridgehead atoms. The molecule has 0 spiro atoms. The Morgan fingerprint density at radius 3 is 2.38 bits per heavy atom. The third kappa shape index (κ3) is 4.94. The van der Waals surface area contributed by atoms with Gasteiger partial charge in [0.2, 0.25) is 0 Å². The van der Waals surface area contributed by atoms with E-state index in [0.717, 1.165) is 4.48 Å². The zero-order valence-corrected chi connectivity index (χ0v) is 10.3. The third-order valence-electron chi connectivity index (χ3n) is 1.64. The van der Waals surface area contributed by atoms with Crippen LogP contribution < -0.4 is 0 Å². The minimum Gasteiger partial charge on any atom is -0.504 e. The number of halogens is 1. The van der Waals surface area contributed by atoms with Crippen molar-refractivity contribution in [3.05, 3.63) is 34.5 Å². The van der Waals surface area contributed by atoms with Gasteiger partial charge in [-0.1, -0.05) is 41.9 Å². The summed E-state index contributed by atoms with van der Waals surface area (Å²) in [6, 6.07) is 0. The molecule has 74 valence electrons. The predicted octanol–water partition coefficient (Wildman–Crippen LogP) is 4.03. The molecule has 0 unspecified atom stereocenters. The molecule has 13 heavy (non-hydrogen) atoms. The van der Waals surface area contributed by atoms with Gasteiger partial charge in [0.15, 0.2) is 0 Å². The molecule has 0 saturated carbocycles. The summed E-state index contributed by atoms with van der Waals surface area (Å²) in [4.78, 5) is 0. The van der Waals surface area contributed by atoms with Gasteiger partial charge in [0, 0.05) is 4.48 Å². The lowest BCUT2D eigenvalue weighted by atomic mass is 10.0.